The summed E-state index contributed by atoms with van der Waals surface area (Å²) in [4.78, 5) is 11.7. The maximum Gasteiger partial charge on any atom is 0.416 e. The van der Waals surface area contributed by atoms with Gasteiger partial charge in [0.05, 0.1) is 5.56 Å². The van der Waals surface area contributed by atoms with Crippen molar-refractivity contribution >= 4 is 22.4 Å². The number of benzene rings is 2. The zero-order valence-corrected chi connectivity index (χ0v) is 13.4. The molecule has 0 heterocycles. The van der Waals surface area contributed by atoms with Gasteiger partial charge in [-0.3, -0.25) is 9.00 Å². The molecule has 134 valence electrons. The summed E-state index contributed by atoms with van der Waals surface area (Å²) in [5.74, 6) is -3.69. The van der Waals surface area contributed by atoms with Gasteiger partial charge in [-0.25, -0.2) is 8.78 Å². The second-order valence-corrected chi connectivity index (χ2v) is 6.56. The first-order valence-corrected chi connectivity index (χ1v) is 8.40. The number of rotatable bonds is 5. The van der Waals surface area contributed by atoms with Crippen LogP contribution in [0.3, 0.4) is 0 Å². The number of carbonyl (C=O) groups is 1. The van der Waals surface area contributed by atoms with Crippen molar-refractivity contribution in [2.24, 2.45) is 0 Å². The highest BCUT2D eigenvalue weighted by Gasteiger charge is 2.30. The van der Waals surface area contributed by atoms with E-state index in [1.165, 1.54) is 12.1 Å². The lowest BCUT2D eigenvalue weighted by Crippen LogP contribution is -2.20. The van der Waals surface area contributed by atoms with Crippen LogP contribution in [0.2, 0.25) is 0 Å². The molecule has 0 saturated heterocycles. The van der Waals surface area contributed by atoms with E-state index in [1.807, 2.05) is 0 Å². The Morgan fingerprint density at radius 1 is 1.04 bits per heavy atom. The molecule has 0 aliphatic rings. The molecule has 2 rings (SSSR count). The van der Waals surface area contributed by atoms with E-state index in [4.69, 9.17) is 0 Å². The highest BCUT2D eigenvalue weighted by molar-refractivity contribution is 7.84. The SMILES string of the molecule is O=C(CS(=O)Cc1cccc(C(F)(F)F)c1)Nc1ccc(F)c(F)c1. The van der Waals surface area contributed by atoms with Crippen molar-refractivity contribution in [1.29, 1.82) is 0 Å². The summed E-state index contributed by atoms with van der Waals surface area (Å²) in [6, 6.07) is 7.05. The van der Waals surface area contributed by atoms with E-state index < -0.39 is 45.8 Å². The minimum atomic E-state index is -4.51. The van der Waals surface area contributed by atoms with Crippen LogP contribution in [0, 0.1) is 11.6 Å². The van der Waals surface area contributed by atoms with Crippen molar-refractivity contribution in [3.63, 3.8) is 0 Å². The minimum Gasteiger partial charge on any atom is -0.325 e. The second-order valence-electron chi connectivity index (χ2n) is 5.10. The van der Waals surface area contributed by atoms with Crippen LogP contribution in [0.15, 0.2) is 42.5 Å². The van der Waals surface area contributed by atoms with Crippen LogP contribution in [0.25, 0.3) is 0 Å². The van der Waals surface area contributed by atoms with Crippen LogP contribution in [0.1, 0.15) is 11.1 Å². The Morgan fingerprint density at radius 3 is 2.40 bits per heavy atom. The summed E-state index contributed by atoms with van der Waals surface area (Å²) in [5.41, 5.74) is -0.706. The highest BCUT2D eigenvalue weighted by atomic mass is 32.2. The van der Waals surface area contributed by atoms with Gasteiger partial charge in [0.1, 0.15) is 5.75 Å². The summed E-state index contributed by atoms with van der Waals surface area (Å²) in [7, 11) is -1.77. The molecule has 0 aliphatic heterocycles. The fourth-order valence-electron chi connectivity index (χ4n) is 1.99. The first-order chi connectivity index (χ1) is 11.6. The number of anilines is 1. The summed E-state index contributed by atoms with van der Waals surface area (Å²) in [6.45, 7) is 0. The third kappa shape index (κ3) is 5.63. The number of amides is 1. The zero-order valence-electron chi connectivity index (χ0n) is 12.6. The summed E-state index contributed by atoms with van der Waals surface area (Å²) < 4.78 is 75.6. The molecule has 25 heavy (non-hydrogen) atoms. The minimum absolute atomic E-state index is 0.0139. The molecule has 0 spiro atoms. The number of nitrogens with one attached hydrogen (secondary N) is 1. The first kappa shape index (κ1) is 19.0. The Kier molecular flexibility index (Phi) is 5.89. The lowest BCUT2D eigenvalue weighted by atomic mass is 10.1. The molecule has 0 bridgehead atoms. The third-order valence-corrected chi connectivity index (χ3v) is 4.32. The van der Waals surface area contributed by atoms with E-state index in [-0.39, 0.29) is 17.0 Å². The van der Waals surface area contributed by atoms with Crippen LogP contribution >= 0.6 is 0 Å². The van der Waals surface area contributed by atoms with Gasteiger partial charge in [-0.2, -0.15) is 13.2 Å². The first-order valence-electron chi connectivity index (χ1n) is 6.91. The molecule has 0 aromatic heterocycles. The van der Waals surface area contributed by atoms with Gasteiger partial charge in [0.2, 0.25) is 5.91 Å². The zero-order chi connectivity index (χ0) is 18.6. The average Bonchev–Trinajstić information content (AvgIpc) is 2.50. The van der Waals surface area contributed by atoms with E-state index >= 15 is 0 Å². The van der Waals surface area contributed by atoms with Crippen molar-refractivity contribution in [3.05, 3.63) is 65.2 Å². The lowest BCUT2D eigenvalue weighted by Gasteiger charge is -2.09. The van der Waals surface area contributed by atoms with Crippen LogP contribution in [0.4, 0.5) is 27.6 Å². The Hall–Kier alpha value is -2.29. The van der Waals surface area contributed by atoms with Crippen molar-refractivity contribution in [2.75, 3.05) is 11.1 Å². The molecule has 0 aliphatic carbocycles. The standard InChI is InChI=1S/C16H12F5NO2S/c17-13-5-4-12(7-14(13)18)22-15(23)9-25(24)8-10-2-1-3-11(6-10)16(19,20)21/h1-7H,8-9H2,(H,22,23). The number of halogens is 5. The molecule has 0 radical (unpaired) electrons. The summed E-state index contributed by atoms with van der Waals surface area (Å²) in [6.07, 6.45) is -4.51. The monoisotopic (exact) mass is 377 g/mol. The number of alkyl halides is 3. The maximum absolute atomic E-state index is 13.0. The summed E-state index contributed by atoms with van der Waals surface area (Å²) >= 11 is 0. The molecule has 1 N–H and O–H groups in total. The van der Waals surface area contributed by atoms with E-state index in [0.29, 0.717) is 0 Å². The molecule has 1 atom stereocenters. The van der Waals surface area contributed by atoms with Crippen LogP contribution in [-0.4, -0.2) is 15.9 Å². The molecule has 1 amide bonds. The molecule has 2 aromatic carbocycles. The molecule has 2 aromatic rings. The van der Waals surface area contributed by atoms with Gasteiger partial charge in [-0.1, -0.05) is 18.2 Å². The Morgan fingerprint density at radius 2 is 1.76 bits per heavy atom. The molecule has 9 heteroatoms. The van der Waals surface area contributed by atoms with Gasteiger partial charge >= 0.3 is 6.18 Å². The second kappa shape index (κ2) is 7.73. The highest BCUT2D eigenvalue weighted by Crippen LogP contribution is 2.29. The van der Waals surface area contributed by atoms with Crippen molar-refractivity contribution in [2.45, 2.75) is 11.9 Å². The Balaban J connectivity index is 1.95. The molecule has 0 fully saturated rings. The van der Waals surface area contributed by atoms with E-state index in [2.05, 4.69) is 5.32 Å². The molecule has 3 nitrogen and oxygen atoms in total. The predicted octanol–water partition coefficient (Wildman–Crippen LogP) is 3.87. The van der Waals surface area contributed by atoms with Crippen molar-refractivity contribution in [3.8, 4) is 0 Å². The fourth-order valence-corrected chi connectivity index (χ4v) is 3.01. The molecular weight excluding hydrogens is 365 g/mol. The number of carbonyl (C=O) groups excluding carboxylic acids is 1. The number of hydrogen-bond acceptors (Lipinski definition) is 2. The van der Waals surface area contributed by atoms with Crippen molar-refractivity contribution in [1.82, 2.24) is 0 Å². The predicted molar refractivity (Wildman–Crippen MR) is 83.1 cm³/mol. The van der Waals surface area contributed by atoms with Gasteiger partial charge in [0.15, 0.2) is 11.6 Å². The van der Waals surface area contributed by atoms with Gasteiger partial charge in [0, 0.05) is 28.3 Å². The van der Waals surface area contributed by atoms with E-state index in [9.17, 15) is 31.0 Å². The van der Waals surface area contributed by atoms with Crippen LogP contribution in [0.5, 0.6) is 0 Å². The normalized spacial score (nSPS) is 12.7. The summed E-state index contributed by atoms with van der Waals surface area (Å²) in [5, 5.41) is 2.24. The van der Waals surface area contributed by atoms with Crippen LogP contribution in [-0.2, 0) is 27.5 Å². The quantitative estimate of drug-likeness (QED) is 0.804. The van der Waals surface area contributed by atoms with Crippen molar-refractivity contribution < 1.29 is 31.0 Å². The molecular formula is C16H12F5NO2S. The van der Waals surface area contributed by atoms with Gasteiger partial charge < -0.3 is 5.32 Å². The lowest BCUT2D eigenvalue weighted by molar-refractivity contribution is -0.137. The van der Waals surface area contributed by atoms with E-state index in [1.54, 1.807) is 0 Å². The van der Waals surface area contributed by atoms with Crippen LogP contribution < -0.4 is 5.32 Å². The third-order valence-electron chi connectivity index (χ3n) is 3.08. The topological polar surface area (TPSA) is 46.2 Å². The molecule has 1 unspecified atom stereocenters. The maximum atomic E-state index is 13.0. The Labute approximate surface area is 142 Å². The molecule has 0 saturated carbocycles. The fraction of sp³-hybridized carbons (Fsp3) is 0.188. The Bertz CT molecular complexity index is 807. The van der Waals surface area contributed by atoms with Gasteiger partial charge in [-0.05, 0) is 23.8 Å². The van der Waals surface area contributed by atoms with Gasteiger partial charge in [0.25, 0.3) is 0 Å². The average molecular weight is 377 g/mol. The van der Waals surface area contributed by atoms with Gasteiger partial charge in [-0.15, -0.1) is 0 Å². The number of hydrogen-bond donors (Lipinski definition) is 1. The van der Waals surface area contributed by atoms with E-state index in [0.717, 1.165) is 30.3 Å². The smallest absolute Gasteiger partial charge is 0.325 e. The largest absolute Gasteiger partial charge is 0.416 e.